The molecule has 0 aliphatic carbocycles. The predicted molar refractivity (Wildman–Crippen MR) is 50.1 cm³/mol. The average molecular weight is 496 g/mol. The van der Waals surface area contributed by atoms with Crippen molar-refractivity contribution in [3.05, 3.63) is 22.3 Å². The van der Waals surface area contributed by atoms with E-state index < -0.39 is 0 Å². The molecule has 0 bridgehead atoms. The standard InChI is InChI=1S/3CH3.2HI.Pt/h3*1H3;2*1H;/q3*-1;;;. The van der Waals surface area contributed by atoms with Crippen molar-refractivity contribution in [2.45, 2.75) is 0 Å². The topological polar surface area (TPSA) is 0 Å². The predicted octanol–water partition coefficient (Wildman–Crippen LogP) is 2.58. The third-order valence-corrected chi connectivity index (χ3v) is 0. The Balaban J connectivity index is 0. The first-order chi connectivity index (χ1) is 0. The fourth-order valence-electron chi connectivity index (χ4n) is 0. The summed E-state index contributed by atoms with van der Waals surface area (Å²) in [6.07, 6.45) is 0. The zero-order valence-electron chi connectivity index (χ0n) is 4.13. The molecule has 0 saturated carbocycles. The Labute approximate surface area is 90.2 Å². The Bertz CT molecular complexity index is 8.75. The van der Waals surface area contributed by atoms with Gasteiger partial charge in [-0.15, -0.1) is 48.0 Å². The summed E-state index contributed by atoms with van der Waals surface area (Å²) < 4.78 is 0. The molecule has 0 aromatic carbocycles. The van der Waals surface area contributed by atoms with Gasteiger partial charge in [-0.2, -0.15) is 0 Å². The number of rotatable bonds is 0. The van der Waals surface area contributed by atoms with E-state index in [-0.39, 0.29) is 91.3 Å². The van der Waals surface area contributed by atoms with Gasteiger partial charge in [-0.25, -0.2) is 0 Å². The minimum absolute atomic E-state index is 0. The van der Waals surface area contributed by atoms with Crippen LogP contribution in [0.4, 0.5) is 0 Å². The van der Waals surface area contributed by atoms with Crippen LogP contribution in [0, 0.1) is 22.3 Å². The minimum Gasteiger partial charge on any atom is -0.358 e. The largest absolute Gasteiger partial charge is 0.358 e. The van der Waals surface area contributed by atoms with Crippen LogP contribution < -0.4 is 0 Å². The van der Waals surface area contributed by atoms with E-state index in [1.807, 2.05) is 0 Å². The van der Waals surface area contributed by atoms with Crippen molar-refractivity contribution in [3.63, 3.8) is 0 Å². The van der Waals surface area contributed by atoms with E-state index in [4.69, 9.17) is 0 Å². The summed E-state index contributed by atoms with van der Waals surface area (Å²) in [6, 6.07) is 0. The monoisotopic (exact) mass is 496 g/mol. The van der Waals surface area contributed by atoms with E-state index in [0.29, 0.717) is 0 Å². The first kappa shape index (κ1) is 90.2. The molecule has 0 aromatic rings. The molecular formula is C3H11I2Pt-3. The summed E-state index contributed by atoms with van der Waals surface area (Å²) in [5.74, 6) is 0. The van der Waals surface area contributed by atoms with Crippen molar-refractivity contribution in [1.29, 1.82) is 0 Å². The van der Waals surface area contributed by atoms with Gasteiger partial charge in [-0.1, -0.05) is 0 Å². The van der Waals surface area contributed by atoms with E-state index in [0.717, 1.165) is 0 Å². The van der Waals surface area contributed by atoms with E-state index in [9.17, 15) is 0 Å². The van der Waals surface area contributed by atoms with Crippen molar-refractivity contribution in [3.8, 4) is 0 Å². The Morgan fingerprint density at radius 1 is 0.500 bits per heavy atom. The van der Waals surface area contributed by atoms with E-state index in [1.165, 1.54) is 0 Å². The first-order valence-corrected chi connectivity index (χ1v) is 0. The maximum atomic E-state index is 0. The fraction of sp³-hybridized carbons (Fsp3) is 0. The van der Waals surface area contributed by atoms with Crippen molar-refractivity contribution >= 4 is 48.0 Å². The van der Waals surface area contributed by atoms with Crippen molar-refractivity contribution in [1.82, 2.24) is 0 Å². The summed E-state index contributed by atoms with van der Waals surface area (Å²) in [4.78, 5) is 0. The molecule has 0 unspecified atom stereocenters. The number of hydrogen-bond acceptors (Lipinski definition) is 0. The van der Waals surface area contributed by atoms with Crippen LogP contribution >= 0.6 is 48.0 Å². The number of halogens is 2. The molecule has 0 radical (unpaired) electrons. The van der Waals surface area contributed by atoms with Gasteiger partial charge in [0.25, 0.3) is 0 Å². The van der Waals surface area contributed by atoms with Crippen molar-refractivity contribution < 1.29 is 21.1 Å². The second kappa shape index (κ2) is 58.5. The Morgan fingerprint density at radius 2 is 0.500 bits per heavy atom. The summed E-state index contributed by atoms with van der Waals surface area (Å²) in [6.45, 7) is 0. The molecule has 0 amide bonds. The summed E-state index contributed by atoms with van der Waals surface area (Å²) in [5.41, 5.74) is 0. The molecule has 0 N–H and O–H groups in total. The normalized spacial score (nSPS) is 0. The van der Waals surface area contributed by atoms with Crippen LogP contribution in [0.25, 0.3) is 0 Å². The van der Waals surface area contributed by atoms with Crippen LogP contribution in [-0.4, -0.2) is 0 Å². The van der Waals surface area contributed by atoms with Gasteiger partial charge in [0, 0.05) is 21.1 Å². The average Bonchev–Trinajstić information content (AvgIpc) is 0. The maximum absolute atomic E-state index is 0. The van der Waals surface area contributed by atoms with Gasteiger partial charge < -0.3 is 22.3 Å². The van der Waals surface area contributed by atoms with Crippen molar-refractivity contribution in [2.75, 3.05) is 0 Å². The molecular weight excluding hydrogens is 485 g/mol. The minimum atomic E-state index is 0. The van der Waals surface area contributed by atoms with Gasteiger partial charge in [0.05, 0.1) is 0 Å². The molecule has 0 atom stereocenters. The Kier molecular flexibility index (Phi) is 880. The van der Waals surface area contributed by atoms with Crippen LogP contribution in [0.1, 0.15) is 0 Å². The summed E-state index contributed by atoms with van der Waals surface area (Å²) in [5, 5.41) is 0. The zero-order valence-corrected chi connectivity index (χ0v) is 11.1. The molecule has 0 saturated heterocycles. The molecule has 3 heteroatoms. The molecule has 0 aliphatic heterocycles. The summed E-state index contributed by atoms with van der Waals surface area (Å²) >= 11 is 0. The molecule has 0 aliphatic rings. The fourth-order valence-corrected chi connectivity index (χ4v) is 0. The quantitative estimate of drug-likeness (QED) is 0.358. The van der Waals surface area contributed by atoms with Gasteiger partial charge in [-0.05, 0) is 0 Å². The van der Waals surface area contributed by atoms with Crippen LogP contribution in [-0.2, 0) is 21.1 Å². The van der Waals surface area contributed by atoms with E-state index in [1.54, 1.807) is 0 Å². The maximum Gasteiger partial charge on any atom is 0 e. The van der Waals surface area contributed by atoms with Gasteiger partial charge in [0.15, 0.2) is 0 Å². The number of hydrogen-bond donors (Lipinski definition) is 0. The molecule has 0 aromatic heterocycles. The van der Waals surface area contributed by atoms with Crippen LogP contribution in [0.15, 0.2) is 0 Å². The van der Waals surface area contributed by atoms with Gasteiger partial charge in [-0.3, -0.25) is 0 Å². The molecule has 0 nitrogen and oxygen atoms in total. The second-order valence-electron chi connectivity index (χ2n) is 0. The van der Waals surface area contributed by atoms with E-state index in [2.05, 4.69) is 0 Å². The SMILES string of the molecule is I.I.[CH3-].[CH3-].[CH3-].[Pt]. The van der Waals surface area contributed by atoms with Crippen LogP contribution in [0.3, 0.4) is 0 Å². The Morgan fingerprint density at radius 3 is 0.500 bits per heavy atom. The first-order valence-electron chi connectivity index (χ1n) is 0. The van der Waals surface area contributed by atoms with Crippen LogP contribution in [0.2, 0.25) is 0 Å². The van der Waals surface area contributed by atoms with Gasteiger partial charge in [0.1, 0.15) is 0 Å². The van der Waals surface area contributed by atoms with E-state index >= 15 is 0 Å². The molecule has 0 fully saturated rings. The molecule has 0 heterocycles. The molecule has 0 rings (SSSR count). The van der Waals surface area contributed by atoms with Gasteiger partial charge in [0.2, 0.25) is 0 Å². The smallest absolute Gasteiger partial charge is 0 e. The second-order valence-corrected chi connectivity index (χ2v) is 0. The zero-order chi connectivity index (χ0) is 0. The molecule has 6 heavy (non-hydrogen) atoms. The van der Waals surface area contributed by atoms with Crippen LogP contribution in [0.5, 0.6) is 0 Å². The Hall–Kier alpha value is 2.15. The third-order valence-electron chi connectivity index (χ3n) is 0. The molecule has 50 valence electrons. The summed E-state index contributed by atoms with van der Waals surface area (Å²) in [7, 11) is 0. The molecule has 0 spiro atoms. The third kappa shape index (κ3) is 35.3. The van der Waals surface area contributed by atoms with Gasteiger partial charge >= 0.3 is 0 Å². The van der Waals surface area contributed by atoms with Crippen molar-refractivity contribution in [2.24, 2.45) is 0 Å².